The Morgan fingerprint density at radius 3 is 2.35 bits per heavy atom. The smallest absolute Gasteiger partial charge is 0.317 e. The molecule has 5 heteroatoms. The number of carbonyl (C=O) groups is 1. The van der Waals surface area contributed by atoms with Gasteiger partial charge in [0.25, 0.3) is 0 Å². The Labute approximate surface area is 145 Å². The van der Waals surface area contributed by atoms with Crippen LogP contribution in [0.3, 0.4) is 0 Å². The number of hydrogen-bond donors (Lipinski definition) is 1. The van der Waals surface area contributed by atoms with Gasteiger partial charge in [0.15, 0.2) is 0 Å². The van der Waals surface area contributed by atoms with Gasteiger partial charge in [0.2, 0.25) is 0 Å². The van der Waals surface area contributed by atoms with Crippen molar-refractivity contribution < 1.29 is 4.79 Å². The third-order valence-electron chi connectivity index (χ3n) is 3.83. The summed E-state index contributed by atoms with van der Waals surface area (Å²) >= 11 is 1.79. The van der Waals surface area contributed by atoms with Crippen molar-refractivity contribution >= 4 is 17.8 Å². The van der Waals surface area contributed by atoms with Crippen molar-refractivity contribution in [1.82, 2.24) is 15.1 Å². The van der Waals surface area contributed by atoms with Crippen molar-refractivity contribution in [2.75, 3.05) is 38.5 Å². The second-order valence-electron chi connectivity index (χ2n) is 5.71. The van der Waals surface area contributed by atoms with Gasteiger partial charge in [-0.05, 0) is 39.1 Å². The number of nitrogens with zero attached hydrogens (tertiary/aromatic N) is 2. The maximum Gasteiger partial charge on any atom is 0.317 e. The van der Waals surface area contributed by atoms with Crippen LogP contribution in [0.25, 0.3) is 0 Å². The number of rotatable bonds is 10. The first kappa shape index (κ1) is 19.8. The summed E-state index contributed by atoms with van der Waals surface area (Å²) in [7, 11) is 0. The van der Waals surface area contributed by atoms with Gasteiger partial charge in [-0.15, -0.1) is 11.8 Å². The van der Waals surface area contributed by atoms with E-state index in [1.165, 1.54) is 4.90 Å². The molecule has 0 aromatic heterocycles. The number of amides is 2. The summed E-state index contributed by atoms with van der Waals surface area (Å²) in [4.78, 5) is 17.8. The molecule has 2 amide bonds. The highest BCUT2D eigenvalue weighted by molar-refractivity contribution is 7.99. The third kappa shape index (κ3) is 7.75. The van der Waals surface area contributed by atoms with Gasteiger partial charge >= 0.3 is 6.03 Å². The predicted octanol–water partition coefficient (Wildman–Crippen LogP) is 3.54. The molecule has 130 valence electrons. The fourth-order valence-corrected chi connectivity index (χ4v) is 3.21. The normalized spacial score (nSPS) is 11.0. The van der Waals surface area contributed by atoms with E-state index in [0.717, 1.165) is 31.9 Å². The van der Waals surface area contributed by atoms with Crippen LogP contribution in [0.2, 0.25) is 0 Å². The van der Waals surface area contributed by atoms with E-state index in [-0.39, 0.29) is 12.1 Å². The summed E-state index contributed by atoms with van der Waals surface area (Å²) < 4.78 is 0. The molecular weight excluding hydrogens is 306 g/mol. The highest BCUT2D eigenvalue weighted by Gasteiger charge is 2.16. The standard InChI is InChI=1S/C18H31N3OS/c1-5-20(6-2)13-12-19-18(22)21(16(3)4)14-15-23-17-10-8-7-9-11-17/h7-11,16H,5-6,12-15H2,1-4H3,(H,19,22). The minimum Gasteiger partial charge on any atom is -0.337 e. The van der Waals surface area contributed by atoms with Crippen LogP contribution < -0.4 is 5.32 Å². The molecule has 1 aromatic carbocycles. The lowest BCUT2D eigenvalue weighted by Gasteiger charge is -2.27. The van der Waals surface area contributed by atoms with Gasteiger partial charge < -0.3 is 15.1 Å². The number of carbonyl (C=O) groups excluding carboxylic acids is 1. The SMILES string of the molecule is CCN(CC)CCNC(=O)N(CCSc1ccccc1)C(C)C. The molecule has 0 aliphatic carbocycles. The topological polar surface area (TPSA) is 35.6 Å². The maximum atomic E-state index is 12.4. The highest BCUT2D eigenvalue weighted by Crippen LogP contribution is 2.17. The summed E-state index contributed by atoms with van der Waals surface area (Å²) in [6.45, 7) is 12.8. The zero-order valence-corrected chi connectivity index (χ0v) is 15.7. The molecule has 0 saturated heterocycles. The Bertz CT molecular complexity index is 435. The van der Waals surface area contributed by atoms with E-state index in [1.807, 2.05) is 23.1 Å². The maximum absolute atomic E-state index is 12.4. The van der Waals surface area contributed by atoms with Crippen molar-refractivity contribution in [3.8, 4) is 0 Å². The molecular formula is C18H31N3OS. The van der Waals surface area contributed by atoms with Gasteiger partial charge in [0, 0.05) is 36.3 Å². The molecule has 4 nitrogen and oxygen atoms in total. The van der Waals surface area contributed by atoms with E-state index in [0.29, 0.717) is 6.54 Å². The Morgan fingerprint density at radius 2 is 1.78 bits per heavy atom. The summed E-state index contributed by atoms with van der Waals surface area (Å²) in [5.41, 5.74) is 0. The van der Waals surface area contributed by atoms with Gasteiger partial charge in [-0.3, -0.25) is 0 Å². The average molecular weight is 338 g/mol. The molecule has 0 spiro atoms. The van der Waals surface area contributed by atoms with E-state index in [9.17, 15) is 4.79 Å². The van der Waals surface area contributed by atoms with E-state index in [4.69, 9.17) is 0 Å². The van der Waals surface area contributed by atoms with Crippen molar-refractivity contribution in [1.29, 1.82) is 0 Å². The van der Waals surface area contributed by atoms with Crippen LogP contribution >= 0.6 is 11.8 Å². The second-order valence-corrected chi connectivity index (χ2v) is 6.88. The van der Waals surface area contributed by atoms with Crippen LogP contribution in [0.15, 0.2) is 35.2 Å². The molecule has 1 aromatic rings. The van der Waals surface area contributed by atoms with E-state index in [1.54, 1.807) is 11.8 Å². The van der Waals surface area contributed by atoms with Crippen molar-refractivity contribution in [3.05, 3.63) is 30.3 Å². The van der Waals surface area contributed by atoms with Crippen molar-refractivity contribution in [2.45, 2.75) is 38.6 Å². The average Bonchev–Trinajstić information content (AvgIpc) is 2.56. The lowest BCUT2D eigenvalue weighted by atomic mass is 10.3. The fraction of sp³-hybridized carbons (Fsp3) is 0.611. The summed E-state index contributed by atoms with van der Waals surface area (Å²) in [6, 6.07) is 10.6. The minimum atomic E-state index is 0.0424. The quantitative estimate of drug-likeness (QED) is 0.663. The molecule has 23 heavy (non-hydrogen) atoms. The molecule has 0 fully saturated rings. The summed E-state index contributed by atoms with van der Waals surface area (Å²) in [5, 5.41) is 3.05. The van der Waals surface area contributed by atoms with Crippen LogP contribution in [0.1, 0.15) is 27.7 Å². The molecule has 1 rings (SSSR count). The lowest BCUT2D eigenvalue weighted by molar-refractivity contribution is 0.185. The van der Waals surface area contributed by atoms with Gasteiger partial charge in [-0.2, -0.15) is 0 Å². The Balaban J connectivity index is 2.36. The van der Waals surface area contributed by atoms with E-state index < -0.39 is 0 Å². The minimum absolute atomic E-state index is 0.0424. The zero-order valence-electron chi connectivity index (χ0n) is 14.9. The van der Waals surface area contributed by atoms with Crippen LogP contribution in [0, 0.1) is 0 Å². The number of likely N-dealkylation sites (N-methyl/N-ethyl adjacent to an activating group) is 1. The lowest BCUT2D eigenvalue weighted by Crippen LogP contribution is -2.47. The van der Waals surface area contributed by atoms with Crippen LogP contribution in [-0.2, 0) is 0 Å². The fourth-order valence-electron chi connectivity index (χ4n) is 2.34. The summed E-state index contributed by atoms with van der Waals surface area (Å²) in [6.07, 6.45) is 0. The molecule has 0 saturated carbocycles. The first-order valence-electron chi connectivity index (χ1n) is 8.53. The zero-order chi connectivity index (χ0) is 17.1. The summed E-state index contributed by atoms with van der Waals surface area (Å²) in [5.74, 6) is 0.908. The number of benzene rings is 1. The molecule has 0 aliphatic rings. The van der Waals surface area contributed by atoms with Crippen LogP contribution in [-0.4, -0.2) is 60.3 Å². The number of hydrogen-bond acceptors (Lipinski definition) is 3. The first-order valence-corrected chi connectivity index (χ1v) is 9.51. The Hall–Kier alpha value is -1.20. The third-order valence-corrected chi connectivity index (χ3v) is 4.82. The molecule has 0 aliphatic heterocycles. The van der Waals surface area contributed by atoms with Gasteiger partial charge in [0.1, 0.15) is 0 Å². The second kappa shape index (κ2) is 11.4. The largest absolute Gasteiger partial charge is 0.337 e. The Kier molecular flexibility index (Phi) is 9.80. The van der Waals surface area contributed by atoms with Crippen molar-refractivity contribution in [3.63, 3.8) is 0 Å². The van der Waals surface area contributed by atoms with Gasteiger partial charge in [0.05, 0.1) is 0 Å². The molecule has 0 atom stereocenters. The van der Waals surface area contributed by atoms with Crippen LogP contribution in [0.4, 0.5) is 4.79 Å². The number of urea groups is 1. The van der Waals surface area contributed by atoms with E-state index >= 15 is 0 Å². The monoisotopic (exact) mass is 337 g/mol. The van der Waals surface area contributed by atoms with Gasteiger partial charge in [-0.1, -0.05) is 32.0 Å². The highest BCUT2D eigenvalue weighted by atomic mass is 32.2. The number of nitrogens with one attached hydrogen (secondary N) is 1. The molecule has 0 radical (unpaired) electrons. The van der Waals surface area contributed by atoms with Crippen molar-refractivity contribution in [2.24, 2.45) is 0 Å². The molecule has 1 N–H and O–H groups in total. The molecule has 0 unspecified atom stereocenters. The first-order chi connectivity index (χ1) is 11.1. The van der Waals surface area contributed by atoms with Crippen LogP contribution in [0.5, 0.6) is 0 Å². The van der Waals surface area contributed by atoms with E-state index in [2.05, 4.69) is 50.0 Å². The molecule has 0 bridgehead atoms. The number of thioether (sulfide) groups is 1. The predicted molar refractivity (Wildman–Crippen MR) is 100 cm³/mol. The molecule has 0 heterocycles. The Morgan fingerprint density at radius 1 is 1.13 bits per heavy atom. The van der Waals surface area contributed by atoms with Gasteiger partial charge in [-0.25, -0.2) is 4.79 Å².